The third-order valence-electron chi connectivity index (χ3n) is 3.72. The van der Waals surface area contributed by atoms with Gasteiger partial charge in [0.05, 0.1) is 0 Å². The standard InChI is InChI=1S/C19H22O/c1-13-7-6-8-14(2)17(13)18(20)15-9-11-16(12-10-15)19(3,4)5/h6-12H,1-5H3. The van der Waals surface area contributed by atoms with Gasteiger partial charge in [-0.15, -0.1) is 0 Å². The van der Waals surface area contributed by atoms with Gasteiger partial charge in [-0.1, -0.05) is 63.2 Å². The van der Waals surface area contributed by atoms with Crippen molar-refractivity contribution in [1.29, 1.82) is 0 Å². The Morgan fingerprint density at radius 1 is 0.850 bits per heavy atom. The molecule has 0 radical (unpaired) electrons. The lowest BCUT2D eigenvalue weighted by Gasteiger charge is -2.19. The molecule has 0 spiro atoms. The van der Waals surface area contributed by atoms with E-state index < -0.39 is 0 Å². The highest BCUT2D eigenvalue weighted by Crippen LogP contribution is 2.24. The van der Waals surface area contributed by atoms with Crippen molar-refractivity contribution in [3.63, 3.8) is 0 Å². The maximum atomic E-state index is 12.6. The molecule has 0 fully saturated rings. The SMILES string of the molecule is Cc1cccc(C)c1C(=O)c1ccc(C(C)(C)C)cc1. The number of rotatable bonds is 2. The molecule has 0 aliphatic rings. The second-order valence-electron chi connectivity index (χ2n) is 6.42. The summed E-state index contributed by atoms with van der Waals surface area (Å²) in [6.07, 6.45) is 0. The number of ketones is 1. The maximum absolute atomic E-state index is 12.6. The van der Waals surface area contributed by atoms with E-state index in [-0.39, 0.29) is 11.2 Å². The summed E-state index contributed by atoms with van der Waals surface area (Å²) in [5, 5.41) is 0. The number of hydrogen-bond donors (Lipinski definition) is 0. The van der Waals surface area contributed by atoms with Crippen LogP contribution in [0.4, 0.5) is 0 Å². The molecule has 0 aliphatic heterocycles. The first-order chi connectivity index (χ1) is 9.30. The van der Waals surface area contributed by atoms with Gasteiger partial charge in [-0.05, 0) is 36.0 Å². The third-order valence-corrected chi connectivity index (χ3v) is 3.72. The highest BCUT2D eigenvalue weighted by Gasteiger charge is 2.17. The molecular weight excluding hydrogens is 244 g/mol. The topological polar surface area (TPSA) is 17.1 Å². The second-order valence-corrected chi connectivity index (χ2v) is 6.42. The number of benzene rings is 2. The molecule has 0 N–H and O–H groups in total. The van der Waals surface area contributed by atoms with E-state index in [1.54, 1.807) is 0 Å². The highest BCUT2D eigenvalue weighted by molar-refractivity contribution is 6.10. The molecule has 104 valence electrons. The zero-order valence-corrected chi connectivity index (χ0v) is 12.9. The molecule has 0 saturated carbocycles. The summed E-state index contributed by atoms with van der Waals surface area (Å²) in [5.74, 6) is 0.112. The van der Waals surface area contributed by atoms with Crippen molar-refractivity contribution in [2.75, 3.05) is 0 Å². The highest BCUT2D eigenvalue weighted by atomic mass is 16.1. The van der Waals surface area contributed by atoms with E-state index in [0.717, 1.165) is 22.3 Å². The predicted molar refractivity (Wildman–Crippen MR) is 84.5 cm³/mol. The second kappa shape index (κ2) is 5.24. The normalized spacial score (nSPS) is 11.4. The quantitative estimate of drug-likeness (QED) is 0.711. The van der Waals surface area contributed by atoms with E-state index in [1.807, 2.05) is 44.2 Å². The predicted octanol–water partition coefficient (Wildman–Crippen LogP) is 4.83. The largest absolute Gasteiger partial charge is 0.289 e. The molecule has 0 aliphatic carbocycles. The molecule has 0 bridgehead atoms. The van der Waals surface area contributed by atoms with Gasteiger partial charge in [-0.25, -0.2) is 0 Å². The average molecular weight is 266 g/mol. The van der Waals surface area contributed by atoms with Gasteiger partial charge >= 0.3 is 0 Å². The van der Waals surface area contributed by atoms with Gasteiger partial charge in [-0.2, -0.15) is 0 Å². The summed E-state index contributed by atoms with van der Waals surface area (Å²) in [6, 6.07) is 14.0. The van der Waals surface area contributed by atoms with Crippen LogP contribution in [0.3, 0.4) is 0 Å². The summed E-state index contributed by atoms with van der Waals surface area (Å²) < 4.78 is 0. The Morgan fingerprint density at radius 2 is 1.35 bits per heavy atom. The molecule has 2 aromatic carbocycles. The molecule has 1 nitrogen and oxygen atoms in total. The molecule has 0 atom stereocenters. The first-order valence-corrected chi connectivity index (χ1v) is 7.02. The first kappa shape index (κ1) is 14.5. The summed E-state index contributed by atoms with van der Waals surface area (Å²) in [4.78, 5) is 12.6. The minimum Gasteiger partial charge on any atom is -0.289 e. The van der Waals surface area contributed by atoms with Gasteiger partial charge in [0.25, 0.3) is 0 Å². The van der Waals surface area contributed by atoms with E-state index >= 15 is 0 Å². The van der Waals surface area contributed by atoms with Crippen LogP contribution < -0.4 is 0 Å². The number of carbonyl (C=O) groups excluding carboxylic acids is 1. The minimum absolute atomic E-state index is 0.111. The first-order valence-electron chi connectivity index (χ1n) is 7.02. The smallest absolute Gasteiger partial charge is 0.193 e. The van der Waals surface area contributed by atoms with Crippen LogP contribution in [-0.2, 0) is 5.41 Å². The van der Waals surface area contributed by atoms with Crippen molar-refractivity contribution in [2.24, 2.45) is 0 Å². The van der Waals surface area contributed by atoms with E-state index in [0.29, 0.717) is 0 Å². The molecule has 0 unspecified atom stereocenters. The third kappa shape index (κ3) is 2.82. The summed E-state index contributed by atoms with van der Waals surface area (Å²) in [7, 11) is 0. The number of aryl methyl sites for hydroxylation is 2. The maximum Gasteiger partial charge on any atom is 0.193 e. The van der Waals surface area contributed by atoms with Crippen molar-refractivity contribution in [3.05, 3.63) is 70.3 Å². The molecule has 2 aromatic rings. The fourth-order valence-corrected chi connectivity index (χ4v) is 2.44. The van der Waals surface area contributed by atoms with Crippen LogP contribution in [0.1, 0.15) is 53.4 Å². The van der Waals surface area contributed by atoms with Crippen molar-refractivity contribution in [3.8, 4) is 0 Å². The monoisotopic (exact) mass is 266 g/mol. The fraction of sp³-hybridized carbons (Fsp3) is 0.316. The van der Waals surface area contributed by atoms with Gasteiger partial charge in [-0.3, -0.25) is 4.79 Å². The summed E-state index contributed by atoms with van der Waals surface area (Å²) in [6.45, 7) is 10.5. The van der Waals surface area contributed by atoms with Crippen LogP contribution in [0, 0.1) is 13.8 Å². The summed E-state index contributed by atoms with van der Waals surface area (Å²) >= 11 is 0. The van der Waals surface area contributed by atoms with Crippen LogP contribution in [0.25, 0.3) is 0 Å². The Balaban J connectivity index is 2.40. The lowest BCUT2D eigenvalue weighted by Crippen LogP contribution is -2.12. The van der Waals surface area contributed by atoms with Crippen LogP contribution >= 0.6 is 0 Å². The van der Waals surface area contributed by atoms with Crippen molar-refractivity contribution in [1.82, 2.24) is 0 Å². The zero-order valence-electron chi connectivity index (χ0n) is 12.9. The molecular formula is C19H22O. The van der Waals surface area contributed by atoms with Crippen molar-refractivity contribution in [2.45, 2.75) is 40.0 Å². The molecule has 20 heavy (non-hydrogen) atoms. The lowest BCUT2D eigenvalue weighted by atomic mass is 9.86. The van der Waals surface area contributed by atoms with Gasteiger partial charge in [0.1, 0.15) is 0 Å². The average Bonchev–Trinajstić information content (AvgIpc) is 2.37. The van der Waals surface area contributed by atoms with Crippen LogP contribution in [0.5, 0.6) is 0 Å². The molecule has 0 aromatic heterocycles. The Bertz CT molecular complexity index is 608. The molecule has 1 heteroatoms. The van der Waals surface area contributed by atoms with Gasteiger partial charge in [0, 0.05) is 11.1 Å². The lowest BCUT2D eigenvalue weighted by molar-refractivity contribution is 0.103. The Labute approximate surface area is 121 Å². The van der Waals surface area contributed by atoms with Gasteiger partial charge in [0.2, 0.25) is 0 Å². The van der Waals surface area contributed by atoms with Crippen molar-refractivity contribution >= 4 is 5.78 Å². The number of carbonyl (C=O) groups is 1. The Morgan fingerprint density at radius 3 is 1.80 bits per heavy atom. The van der Waals surface area contributed by atoms with Crippen LogP contribution in [-0.4, -0.2) is 5.78 Å². The zero-order chi connectivity index (χ0) is 14.9. The molecule has 2 rings (SSSR count). The molecule has 0 saturated heterocycles. The number of hydrogen-bond acceptors (Lipinski definition) is 1. The Hall–Kier alpha value is -1.89. The molecule has 0 heterocycles. The van der Waals surface area contributed by atoms with Gasteiger partial charge < -0.3 is 0 Å². The molecule has 0 amide bonds. The van der Waals surface area contributed by atoms with Crippen LogP contribution in [0.2, 0.25) is 0 Å². The Kier molecular flexibility index (Phi) is 3.80. The van der Waals surface area contributed by atoms with E-state index in [9.17, 15) is 4.79 Å². The van der Waals surface area contributed by atoms with E-state index in [2.05, 4.69) is 32.9 Å². The van der Waals surface area contributed by atoms with Crippen LogP contribution in [0.15, 0.2) is 42.5 Å². The van der Waals surface area contributed by atoms with E-state index in [1.165, 1.54) is 5.56 Å². The summed E-state index contributed by atoms with van der Waals surface area (Å²) in [5.41, 5.74) is 5.02. The van der Waals surface area contributed by atoms with Crippen molar-refractivity contribution < 1.29 is 4.79 Å². The fourth-order valence-electron chi connectivity index (χ4n) is 2.44. The van der Waals surface area contributed by atoms with Gasteiger partial charge in [0.15, 0.2) is 5.78 Å². The van der Waals surface area contributed by atoms with E-state index in [4.69, 9.17) is 0 Å². The minimum atomic E-state index is 0.111.